The van der Waals surface area contributed by atoms with Gasteiger partial charge in [-0.3, -0.25) is 4.79 Å². The minimum atomic E-state index is -0.164. The predicted molar refractivity (Wildman–Crippen MR) is 78.7 cm³/mol. The van der Waals surface area contributed by atoms with E-state index in [0.717, 1.165) is 10.9 Å². The van der Waals surface area contributed by atoms with Gasteiger partial charge in [0.25, 0.3) is 5.91 Å². The lowest BCUT2D eigenvalue weighted by molar-refractivity contribution is 0.0946. The summed E-state index contributed by atoms with van der Waals surface area (Å²) in [4.78, 5) is 19.2. The van der Waals surface area contributed by atoms with Gasteiger partial charge in [0.05, 0.1) is 5.02 Å². The van der Waals surface area contributed by atoms with E-state index in [9.17, 15) is 4.79 Å². The molecule has 1 amide bonds. The summed E-state index contributed by atoms with van der Waals surface area (Å²) in [6.07, 6.45) is 1.55. The van der Waals surface area contributed by atoms with Gasteiger partial charge in [0.2, 0.25) is 0 Å². The van der Waals surface area contributed by atoms with Gasteiger partial charge in [0.15, 0.2) is 0 Å². The van der Waals surface area contributed by atoms with Crippen molar-refractivity contribution in [1.29, 1.82) is 0 Å². The largest absolute Gasteiger partial charge is 0.347 e. The number of amides is 1. The highest BCUT2D eigenvalue weighted by molar-refractivity contribution is 6.31. The lowest BCUT2D eigenvalue weighted by Crippen LogP contribution is -2.22. The van der Waals surface area contributed by atoms with Gasteiger partial charge < -0.3 is 10.3 Å². The maximum atomic E-state index is 12.1. The average Bonchev–Trinajstić information content (AvgIpc) is 2.89. The molecule has 2 aromatic heterocycles. The molecule has 0 saturated carbocycles. The molecular weight excluding hydrogens is 274 g/mol. The van der Waals surface area contributed by atoms with E-state index >= 15 is 0 Å². The van der Waals surface area contributed by atoms with Gasteiger partial charge in [-0.05, 0) is 17.7 Å². The van der Waals surface area contributed by atoms with Crippen molar-refractivity contribution in [3.05, 3.63) is 64.9 Å². The lowest BCUT2D eigenvalue weighted by atomic mass is 10.2. The zero-order valence-corrected chi connectivity index (χ0v) is 11.3. The Hall–Kier alpha value is -2.33. The number of carbonyl (C=O) groups excluding carboxylic acids is 1. The molecule has 1 aromatic carbocycles. The number of aromatic amines is 1. The van der Waals surface area contributed by atoms with E-state index in [0.29, 0.717) is 22.9 Å². The third-order valence-corrected chi connectivity index (χ3v) is 3.18. The molecule has 0 unspecified atom stereocenters. The van der Waals surface area contributed by atoms with Crippen molar-refractivity contribution in [3.63, 3.8) is 0 Å². The van der Waals surface area contributed by atoms with E-state index in [1.807, 2.05) is 30.3 Å². The Bertz CT molecular complexity index is 752. The molecule has 2 N–H and O–H groups in total. The molecule has 20 heavy (non-hydrogen) atoms. The maximum absolute atomic E-state index is 12.1. The van der Waals surface area contributed by atoms with Crippen LogP contribution < -0.4 is 5.32 Å². The zero-order chi connectivity index (χ0) is 13.9. The lowest BCUT2D eigenvalue weighted by Gasteiger charge is -2.03. The molecule has 2 heterocycles. The Balaban J connectivity index is 1.75. The van der Waals surface area contributed by atoms with Crippen LogP contribution in [0.4, 0.5) is 0 Å². The van der Waals surface area contributed by atoms with Gasteiger partial charge in [0.1, 0.15) is 11.3 Å². The molecule has 0 fully saturated rings. The zero-order valence-electron chi connectivity index (χ0n) is 10.6. The van der Waals surface area contributed by atoms with E-state index in [2.05, 4.69) is 15.3 Å². The number of carbonyl (C=O) groups is 1. The normalized spacial score (nSPS) is 10.7. The summed E-state index contributed by atoms with van der Waals surface area (Å²) in [7, 11) is 0. The minimum absolute atomic E-state index is 0.164. The van der Waals surface area contributed by atoms with Crippen LogP contribution in [-0.4, -0.2) is 15.9 Å². The van der Waals surface area contributed by atoms with Crippen molar-refractivity contribution >= 4 is 28.5 Å². The number of fused-ring (bicyclic) bond motifs is 1. The van der Waals surface area contributed by atoms with Gasteiger partial charge >= 0.3 is 0 Å². The molecule has 0 atom stereocenters. The van der Waals surface area contributed by atoms with Crippen LogP contribution >= 0.6 is 11.6 Å². The molecule has 4 nitrogen and oxygen atoms in total. The number of pyridine rings is 1. The second-order valence-corrected chi connectivity index (χ2v) is 4.88. The number of rotatable bonds is 3. The standard InChI is InChI=1S/C15H12ClN3O/c16-12-6-11-7-13(19-14(11)17-9-12)15(20)18-8-10-4-2-1-3-5-10/h1-7,9H,8H2,(H,17,19)(H,18,20). The van der Waals surface area contributed by atoms with Crippen molar-refractivity contribution in [2.24, 2.45) is 0 Å². The van der Waals surface area contributed by atoms with Gasteiger partial charge in [-0.1, -0.05) is 41.9 Å². The number of nitrogens with one attached hydrogen (secondary N) is 2. The fraction of sp³-hybridized carbons (Fsp3) is 0.0667. The second-order valence-electron chi connectivity index (χ2n) is 4.44. The Morgan fingerprint density at radius 1 is 1.25 bits per heavy atom. The first-order valence-electron chi connectivity index (χ1n) is 6.19. The minimum Gasteiger partial charge on any atom is -0.347 e. The highest BCUT2D eigenvalue weighted by Gasteiger charge is 2.10. The van der Waals surface area contributed by atoms with E-state index < -0.39 is 0 Å². The van der Waals surface area contributed by atoms with Crippen LogP contribution in [0.3, 0.4) is 0 Å². The van der Waals surface area contributed by atoms with E-state index in [4.69, 9.17) is 11.6 Å². The number of benzene rings is 1. The van der Waals surface area contributed by atoms with Crippen LogP contribution in [-0.2, 0) is 6.54 Å². The summed E-state index contributed by atoms with van der Waals surface area (Å²) in [5, 5.41) is 4.23. The van der Waals surface area contributed by atoms with Crippen molar-refractivity contribution < 1.29 is 4.79 Å². The van der Waals surface area contributed by atoms with Crippen LogP contribution in [0.15, 0.2) is 48.7 Å². The summed E-state index contributed by atoms with van der Waals surface area (Å²) < 4.78 is 0. The van der Waals surface area contributed by atoms with Crippen LogP contribution in [0.1, 0.15) is 16.1 Å². The molecule has 0 radical (unpaired) electrons. The fourth-order valence-electron chi connectivity index (χ4n) is 1.98. The summed E-state index contributed by atoms with van der Waals surface area (Å²) in [5.41, 5.74) is 2.18. The van der Waals surface area contributed by atoms with Gasteiger partial charge in [0, 0.05) is 18.1 Å². The third kappa shape index (κ3) is 2.65. The number of aromatic nitrogens is 2. The topological polar surface area (TPSA) is 57.8 Å². The number of H-pyrrole nitrogens is 1. The molecule has 5 heteroatoms. The highest BCUT2D eigenvalue weighted by Crippen LogP contribution is 2.17. The first-order valence-corrected chi connectivity index (χ1v) is 6.56. The number of nitrogens with zero attached hydrogens (tertiary/aromatic N) is 1. The fourth-order valence-corrected chi connectivity index (χ4v) is 2.15. The first kappa shape index (κ1) is 12.7. The Morgan fingerprint density at radius 3 is 2.85 bits per heavy atom. The summed E-state index contributed by atoms with van der Waals surface area (Å²) in [6.45, 7) is 0.489. The van der Waals surface area contributed by atoms with E-state index in [-0.39, 0.29) is 5.91 Å². The van der Waals surface area contributed by atoms with E-state index in [1.165, 1.54) is 0 Å². The van der Waals surface area contributed by atoms with Crippen LogP contribution in [0.2, 0.25) is 5.02 Å². The SMILES string of the molecule is O=C(NCc1ccccc1)c1cc2cc(Cl)cnc2[nH]1. The average molecular weight is 286 g/mol. The molecule has 3 aromatic rings. The Labute approximate surface area is 120 Å². The maximum Gasteiger partial charge on any atom is 0.268 e. The Kier molecular flexibility index (Phi) is 3.39. The van der Waals surface area contributed by atoms with Crippen molar-refractivity contribution in [2.45, 2.75) is 6.54 Å². The Morgan fingerprint density at radius 2 is 2.05 bits per heavy atom. The van der Waals surface area contributed by atoms with Crippen molar-refractivity contribution in [3.8, 4) is 0 Å². The van der Waals surface area contributed by atoms with Crippen molar-refractivity contribution in [2.75, 3.05) is 0 Å². The first-order chi connectivity index (χ1) is 9.72. The molecule has 3 rings (SSSR count). The van der Waals surface area contributed by atoms with Gasteiger partial charge in [-0.2, -0.15) is 0 Å². The van der Waals surface area contributed by atoms with Gasteiger partial charge in [-0.15, -0.1) is 0 Å². The van der Waals surface area contributed by atoms with Crippen LogP contribution in [0.25, 0.3) is 11.0 Å². The number of hydrogen-bond donors (Lipinski definition) is 2. The molecule has 0 spiro atoms. The highest BCUT2D eigenvalue weighted by atomic mass is 35.5. The van der Waals surface area contributed by atoms with Crippen LogP contribution in [0.5, 0.6) is 0 Å². The van der Waals surface area contributed by atoms with E-state index in [1.54, 1.807) is 18.3 Å². The molecule has 0 aliphatic rings. The summed E-state index contributed by atoms with van der Waals surface area (Å²) in [6, 6.07) is 13.3. The van der Waals surface area contributed by atoms with Crippen molar-refractivity contribution in [1.82, 2.24) is 15.3 Å². The third-order valence-electron chi connectivity index (χ3n) is 2.98. The molecule has 0 aliphatic heterocycles. The summed E-state index contributed by atoms with van der Waals surface area (Å²) in [5.74, 6) is -0.164. The van der Waals surface area contributed by atoms with Gasteiger partial charge in [-0.25, -0.2) is 4.98 Å². The smallest absolute Gasteiger partial charge is 0.268 e. The molecule has 0 aliphatic carbocycles. The number of halogens is 1. The monoisotopic (exact) mass is 285 g/mol. The second kappa shape index (κ2) is 5.35. The predicted octanol–water partition coefficient (Wildman–Crippen LogP) is 3.15. The quantitative estimate of drug-likeness (QED) is 0.777. The number of hydrogen-bond acceptors (Lipinski definition) is 2. The molecule has 0 bridgehead atoms. The summed E-state index contributed by atoms with van der Waals surface area (Å²) >= 11 is 5.87. The molecular formula is C15H12ClN3O. The van der Waals surface area contributed by atoms with Crippen LogP contribution in [0, 0.1) is 0 Å². The molecule has 0 saturated heterocycles. The molecule has 100 valence electrons.